The average molecular weight is 252 g/mol. The van der Waals surface area contributed by atoms with Crippen LogP contribution in [0.2, 0.25) is 0 Å². The second-order valence-electron chi connectivity index (χ2n) is 4.98. The quantitative estimate of drug-likeness (QED) is 0.670. The van der Waals surface area contributed by atoms with Crippen LogP contribution in [0, 0.1) is 5.92 Å². The van der Waals surface area contributed by atoms with Crippen molar-refractivity contribution in [2.45, 2.75) is 26.7 Å². The summed E-state index contributed by atoms with van der Waals surface area (Å²) in [4.78, 5) is 11.4. The number of amides is 1. The first kappa shape index (κ1) is 14.7. The maximum atomic E-state index is 11.4. The highest BCUT2D eigenvalue weighted by atomic mass is 16.1. The lowest BCUT2D eigenvalue weighted by Crippen LogP contribution is -2.35. The van der Waals surface area contributed by atoms with Crippen molar-refractivity contribution < 1.29 is 4.79 Å². The van der Waals surface area contributed by atoms with Crippen molar-refractivity contribution in [3.05, 3.63) is 18.0 Å². The molecule has 0 aliphatic carbocycles. The van der Waals surface area contributed by atoms with Crippen LogP contribution in [0.25, 0.3) is 0 Å². The Bertz CT molecular complexity index is 360. The van der Waals surface area contributed by atoms with Gasteiger partial charge in [0.25, 0.3) is 0 Å². The van der Waals surface area contributed by atoms with Gasteiger partial charge in [0.15, 0.2) is 0 Å². The normalized spacial score (nSPS) is 10.9. The highest BCUT2D eigenvalue weighted by Gasteiger charge is 2.01. The van der Waals surface area contributed by atoms with E-state index in [0.717, 1.165) is 25.9 Å². The zero-order valence-electron chi connectivity index (χ0n) is 11.6. The third-order valence-electron chi connectivity index (χ3n) is 2.68. The lowest BCUT2D eigenvalue weighted by molar-refractivity contribution is -0.120. The van der Waals surface area contributed by atoms with E-state index in [-0.39, 0.29) is 5.91 Å². The van der Waals surface area contributed by atoms with E-state index in [2.05, 4.69) is 29.6 Å². The van der Waals surface area contributed by atoms with E-state index in [0.29, 0.717) is 12.5 Å². The molecule has 0 aliphatic rings. The average Bonchev–Trinajstić information content (AvgIpc) is 2.70. The molecule has 0 saturated heterocycles. The van der Waals surface area contributed by atoms with Gasteiger partial charge in [-0.2, -0.15) is 5.10 Å². The van der Waals surface area contributed by atoms with Gasteiger partial charge >= 0.3 is 0 Å². The fourth-order valence-electron chi connectivity index (χ4n) is 1.60. The molecule has 0 spiro atoms. The smallest absolute Gasteiger partial charge is 0.233 e. The van der Waals surface area contributed by atoms with Crippen LogP contribution in [-0.2, 0) is 18.3 Å². The Balaban J connectivity index is 2.02. The molecule has 5 nitrogen and oxygen atoms in total. The van der Waals surface area contributed by atoms with Crippen LogP contribution in [0.5, 0.6) is 0 Å². The standard InChI is InChI=1S/C13H24N4O/c1-11(2)4-7-15-13(18)9-14-6-5-12-8-16-17(3)10-12/h8,10-11,14H,4-7,9H2,1-3H3,(H,15,18). The van der Waals surface area contributed by atoms with Gasteiger partial charge in [0.1, 0.15) is 0 Å². The minimum absolute atomic E-state index is 0.0711. The summed E-state index contributed by atoms with van der Waals surface area (Å²) in [6.07, 6.45) is 5.77. The Hall–Kier alpha value is -1.36. The highest BCUT2D eigenvalue weighted by Crippen LogP contribution is 1.96. The first-order valence-corrected chi connectivity index (χ1v) is 6.53. The number of nitrogens with one attached hydrogen (secondary N) is 2. The molecule has 102 valence electrons. The number of carbonyl (C=O) groups excluding carboxylic acids is 1. The predicted octanol–water partition coefficient (Wildman–Crippen LogP) is 0.715. The number of nitrogens with zero attached hydrogens (tertiary/aromatic N) is 2. The molecule has 0 saturated carbocycles. The van der Waals surface area contributed by atoms with Gasteiger partial charge in [-0.15, -0.1) is 0 Å². The van der Waals surface area contributed by atoms with Crippen LogP contribution in [0.3, 0.4) is 0 Å². The monoisotopic (exact) mass is 252 g/mol. The van der Waals surface area contributed by atoms with Gasteiger partial charge < -0.3 is 10.6 Å². The van der Waals surface area contributed by atoms with Gasteiger partial charge in [-0.05, 0) is 30.9 Å². The Labute approximate surface area is 109 Å². The van der Waals surface area contributed by atoms with Gasteiger partial charge in [0, 0.05) is 19.8 Å². The van der Waals surface area contributed by atoms with Crippen molar-refractivity contribution in [3.63, 3.8) is 0 Å². The zero-order chi connectivity index (χ0) is 13.4. The minimum Gasteiger partial charge on any atom is -0.355 e. The fraction of sp³-hybridized carbons (Fsp3) is 0.692. The largest absolute Gasteiger partial charge is 0.355 e. The number of hydrogen-bond donors (Lipinski definition) is 2. The van der Waals surface area contributed by atoms with Gasteiger partial charge in [0.2, 0.25) is 5.91 Å². The molecule has 1 heterocycles. The molecule has 1 rings (SSSR count). The maximum Gasteiger partial charge on any atom is 0.233 e. The van der Waals surface area contributed by atoms with Crippen molar-refractivity contribution in [1.29, 1.82) is 0 Å². The fourth-order valence-corrected chi connectivity index (χ4v) is 1.60. The molecule has 0 atom stereocenters. The molecule has 1 amide bonds. The van der Waals surface area contributed by atoms with Crippen molar-refractivity contribution in [1.82, 2.24) is 20.4 Å². The zero-order valence-corrected chi connectivity index (χ0v) is 11.6. The summed E-state index contributed by atoms with van der Waals surface area (Å²) in [6, 6.07) is 0. The predicted molar refractivity (Wildman–Crippen MR) is 72.2 cm³/mol. The van der Waals surface area contributed by atoms with E-state index in [1.807, 2.05) is 19.4 Å². The number of rotatable bonds is 8. The van der Waals surface area contributed by atoms with Gasteiger partial charge in [-0.3, -0.25) is 9.48 Å². The topological polar surface area (TPSA) is 59.0 Å². The molecular formula is C13H24N4O. The Morgan fingerprint density at radius 3 is 2.83 bits per heavy atom. The molecule has 5 heteroatoms. The van der Waals surface area contributed by atoms with Crippen LogP contribution in [0.15, 0.2) is 12.4 Å². The van der Waals surface area contributed by atoms with Crippen molar-refractivity contribution in [2.24, 2.45) is 13.0 Å². The maximum absolute atomic E-state index is 11.4. The first-order chi connectivity index (χ1) is 8.58. The number of aryl methyl sites for hydroxylation is 1. The summed E-state index contributed by atoms with van der Waals surface area (Å²) in [6.45, 7) is 6.25. The minimum atomic E-state index is 0.0711. The number of hydrogen-bond acceptors (Lipinski definition) is 3. The van der Waals surface area contributed by atoms with Crippen molar-refractivity contribution >= 4 is 5.91 Å². The van der Waals surface area contributed by atoms with E-state index in [1.54, 1.807) is 4.68 Å². The molecule has 0 fully saturated rings. The molecule has 1 aromatic heterocycles. The van der Waals surface area contributed by atoms with Crippen LogP contribution < -0.4 is 10.6 Å². The molecular weight excluding hydrogens is 228 g/mol. The van der Waals surface area contributed by atoms with Crippen LogP contribution in [0.1, 0.15) is 25.8 Å². The molecule has 0 radical (unpaired) electrons. The highest BCUT2D eigenvalue weighted by molar-refractivity contribution is 5.77. The molecule has 18 heavy (non-hydrogen) atoms. The summed E-state index contributed by atoms with van der Waals surface area (Å²) >= 11 is 0. The van der Waals surface area contributed by atoms with E-state index < -0.39 is 0 Å². The summed E-state index contributed by atoms with van der Waals surface area (Å²) in [5.41, 5.74) is 1.19. The van der Waals surface area contributed by atoms with Crippen LogP contribution in [-0.4, -0.2) is 35.3 Å². The van der Waals surface area contributed by atoms with Crippen molar-refractivity contribution in [2.75, 3.05) is 19.6 Å². The molecule has 1 aromatic rings. The SMILES string of the molecule is CC(C)CCNC(=O)CNCCc1cnn(C)c1. The van der Waals surface area contributed by atoms with E-state index >= 15 is 0 Å². The molecule has 0 aliphatic heterocycles. The molecule has 0 unspecified atom stereocenters. The Morgan fingerprint density at radius 1 is 1.44 bits per heavy atom. The van der Waals surface area contributed by atoms with Gasteiger partial charge in [-0.1, -0.05) is 13.8 Å². The number of aromatic nitrogens is 2. The lowest BCUT2D eigenvalue weighted by Gasteiger charge is -2.07. The second kappa shape index (κ2) is 7.87. The summed E-state index contributed by atoms with van der Waals surface area (Å²) in [5.74, 6) is 0.700. The summed E-state index contributed by atoms with van der Waals surface area (Å²) in [5, 5.41) is 10.1. The van der Waals surface area contributed by atoms with Crippen LogP contribution in [0.4, 0.5) is 0 Å². The summed E-state index contributed by atoms with van der Waals surface area (Å²) in [7, 11) is 1.90. The van der Waals surface area contributed by atoms with Gasteiger partial charge in [-0.25, -0.2) is 0 Å². The van der Waals surface area contributed by atoms with E-state index in [1.165, 1.54) is 5.56 Å². The third kappa shape index (κ3) is 6.39. The van der Waals surface area contributed by atoms with Gasteiger partial charge in [0.05, 0.1) is 12.7 Å². The van der Waals surface area contributed by atoms with Crippen molar-refractivity contribution in [3.8, 4) is 0 Å². The Kier molecular flexibility index (Phi) is 6.43. The van der Waals surface area contributed by atoms with E-state index in [9.17, 15) is 4.79 Å². The third-order valence-corrected chi connectivity index (χ3v) is 2.68. The molecule has 2 N–H and O–H groups in total. The Morgan fingerprint density at radius 2 is 2.22 bits per heavy atom. The van der Waals surface area contributed by atoms with Crippen LogP contribution >= 0.6 is 0 Å². The molecule has 0 bridgehead atoms. The van der Waals surface area contributed by atoms with E-state index in [4.69, 9.17) is 0 Å². The summed E-state index contributed by atoms with van der Waals surface area (Å²) < 4.78 is 1.79. The number of carbonyl (C=O) groups is 1. The second-order valence-corrected chi connectivity index (χ2v) is 4.98. The first-order valence-electron chi connectivity index (χ1n) is 6.53. The lowest BCUT2D eigenvalue weighted by atomic mass is 10.1. The molecule has 0 aromatic carbocycles.